The van der Waals surface area contributed by atoms with Crippen LogP contribution in [0.1, 0.15) is 20.7 Å². The number of rotatable bonds is 0. The summed E-state index contributed by atoms with van der Waals surface area (Å²) in [6.45, 7) is 0. The lowest BCUT2D eigenvalue weighted by molar-refractivity contribution is 0.0914. The highest BCUT2D eigenvalue weighted by Gasteiger charge is 2.67. The lowest BCUT2D eigenvalue weighted by atomic mass is 9.90. The van der Waals surface area contributed by atoms with Crippen LogP contribution >= 0.6 is 15.9 Å². The number of halogens is 1. The molecular formula is C10H5BrO3. The van der Waals surface area contributed by atoms with Gasteiger partial charge in [0.25, 0.3) is 0 Å². The van der Waals surface area contributed by atoms with Crippen molar-refractivity contribution in [3.8, 4) is 0 Å². The summed E-state index contributed by atoms with van der Waals surface area (Å²) in [5, 5.41) is 0. The number of carbonyl (C=O) groups is 2. The van der Waals surface area contributed by atoms with Crippen LogP contribution in [-0.4, -0.2) is 22.2 Å². The molecule has 0 spiro atoms. The lowest BCUT2D eigenvalue weighted by Gasteiger charge is -2.12. The minimum absolute atomic E-state index is 0.114. The number of hydrogen-bond acceptors (Lipinski definition) is 3. The predicted octanol–water partition coefficient (Wildman–Crippen LogP) is 1.56. The van der Waals surface area contributed by atoms with Gasteiger partial charge in [-0.05, 0) is 15.9 Å². The molecule has 1 fully saturated rings. The van der Waals surface area contributed by atoms with Crippen LogP contribution in [0.4, 0.5) is 0 Å². The Labute approximate surface area is 88.2 Å². The molecule has 1 aliphatic carbocycles. The number of epoxide rings is 1. The lowest BCUT2D eigenvalue weighted by Crippen LogP contribution is -2.31. The summed E-state index contributed by atoms with van der Waals surface area (Å²) >= 11 is 3.15. The van der Waals surface area contributed by atoms with E-state index in [0.29, 0.717) is 11.1 Å². The molecule has 1 aliphatic heterocycles. The molecule has 0 radical (unpaired) electrons. The Morgan fingerprint density at radius 1 is 1.21 bits per heavy atom. The zero-order valence-electron chi connectivity index (χ0n) is 6.99. The fourth-order valence-corrected chi connectivity index (χ4v) is 2.36. The standard InChI is InChI=1S/C10H5BrO3/c11-10-8(13)6-4-2-1-3-5(6)7(12)9(10)14-10/h1-4,9H. The first-order valence-corrected chi connectivity index (χ1v) is 4.98. The third-order valence-corrected chi connectivity index (χ3v) is 3.52. The highest BCUT2D eigenvalue weighted by molar-refractivity contribution is 9.10. The monoisotopic (exact) mass is 252 g/mol. The highest BCUT2D eigenvalue weighted by atomic mass is 79.9. The van der Waals surface area contributed by atoms with Crippen molar-refractivity contribution in [1.29, 1.82) is 0 Å². The van der Waals surface area contributed by atoms with Crippen LogP contribution in [0.2, 0.25) is 0 Å². The molecule has 14 heavy (non-hydrogen) atoms. The van der Waals surface area contributed by atoms with Gasteiger partial charge in [0.05, 0.1) is 0 Å². The molecule has 3 rings (SSSR count). The summed E-state index contributed by atoms with van der Waals surface area (Å²) in [6.07, 6.45) is -0.620. The van der Waals surface area contributed by atoms with Crippen molar-refractivity contribution < 1.29 is 14.3 Å². The number of alkyl halides is 1. The van der Waals surface area contributed by atoms with Crippen LogP contribution in [0.15, 0.2) is 24.3 Å². The Morgan fingerprint density at radius 2 is 1.86 bits per heavy atom. The molecule has 1 aromatic rings. The van der Waals surface area contributed by atoms with Crippen LogP contribution in [-0.2, 0) is 4.74 Å². The average Bonchev–Trinajstić information content (AvgIpc) is 2.89. The third kappa shape index (κ3) is 0.804. The Hall–Kier alpha value is -1.00. The van der Waals surface area contributed by atoms with E-state index >= 15 is 0 Å². The SMILES string of the molecule is O=C1c2ccccc2C(=O)C2(Br)OC12. The minimum atomic E-state index is -1.06. The molecule has 4 heteroatoms. The Kier molecular flexibility index (Phi) is 1.38. The van der Waals surface area contributed by atoms with Gasteiger partial charge in [0.1, 0.15) is 0 Å². The normalized spacial score (nSPS) is 33.6. The second-order valence-electron chi connectivity index (χ2n) is 3.38. The molecule has 1 heterocycles. The molecule has 0 saturated carbocycles. The van der Waals surface area contributed by atoms with Gasteiger partial charge >= 0.3 is 0 Å². The van der Waals surface area contributed by atoms with Gasteiger partial charge in [0.15, 0.2) is 11.9 Å². The zero-order chi connectivity index (χ0) is 9.92. The summed E-state index contributed by atoms with van der Waals surface area (Å²) in [5.74, 6) is -0.269. The molecule has 0 amide bonds. The molecule has 2 atom stereocenters. The largest absolute Gasteiger partial charge is 0.337 e. The summed E-state index contributed by atoms with van der Waals surface area (Å²) in [7, 11) is 0. The summed E-state index contributed by atoms with van der Waals surface area (Å²) in [5.41, 5.74) is 0.915. The van der Waals surface area contributed by atoms with E-state index in [1.165, 1.54) is 0 Å². The number of ether oxygens (including phenoxy) is 1. The van der Waals surface area contributed by atoms with Crippen molar-refractivity contribution in [3.05, 3.63) is 35.4 Å². The molecule has 1 saturated heterocycles. The van der Waals surface area contributed by atoms with Crippen molar-refractivity contribution in [1.82, 2.24) is 0 Å². The number of hydrogen-bond donors (Lipinski definition) is 0. The zero-order valence-corrected chi connectivity index (χ0v) is 8.58. The van der Waals surface area contributed by atoms with Gasteiger partial charge in [-0.2, -0.15) is 0 Å². The fourth-order valence-electron chi connectivity index (χ4n) is 1.75. The first-order chi connectivity index (χ1) is 6.64. The smallest absolute Gasteiger partial charge is 0.220 e. The van der Waals surface area contributed by atoms with Gasteiger partial charge < -0.3 is 4.74 Å². The van der Waals surface area contributed by atoms with E-state index in [-0.39, 0.29) is 11.6 Å². The van der Waals surface area contributed by atoms with Gasteiger partial charge in [-0.25, -0.2) is 0 Å². The number of benzene rings is 1. The molecule has 0 aromatic heterocycles. The quantitative estimate of drug-likeness (QED) is 0.520. The Bertz CT molecular complexity index is 468. The van der Waals surface area contributed by atoms with E-state index in [4.69, 9.17) is 4.74 Å². The highest BCUT2D eigenvalue weighted by Crippen LogP contribution is 2.50. The van der Waals surface area contributed by atoms with Crippen molar-refractivity contribution >= 4 is 27.5 Å². The van der Waals surface area contributed by atoms with Crippen LogP contribution in [0.25, 0.3) is 0 Å². The van der Waals surface area contributed by atoms with E-state index in [1.807, 2.05) is 0 Å². The van der Waals surface area contributed by atoms with Gasteiger partial charge in [-0.1, -0.05) is 24.3 Å². The average molecular weight is 253 g/mol. The van der Waals surface area contributed by atoms with E-state index < -0.39 is 10.6 Å². The summed E-state index contributed by atoms with van der Waals surface area (Å²) in [6, 6.07) is 6.79. The number of fused-ring (bicyclic) bond motifs is 2. The number of Topliss-reactive ketones (excluding diaryl/α,β-unsaturated/α-hetero) is 2. The van der Waals surface area contributed by atoms with Crippen LogP contribution in [0, 0.1) is 0 Å². The third-order valence-electron chi connectivity index (χ3n) is 2.55. The molecule has 0 N–H and O–H groups in total. The van der Waals surface area contributed by atoms with Crippen LogP contribution in [0.5, 0.6) is 0 Å². The molecule has 2 unspecified atom stereocenters. The number of ketones is 2. The predicted molar refractivity (Wildman–Crippen MR) is 51.6 cm³/mol. The first-order valence-electron chi connectivity index (χ1n) is 4.19. The van der Waals surface area contributed by atoms with Crippen LogP contribution in [0.3, 0.4) is 0 Å². The maximum absolute atomic E-state index is 11.8. The number of carbonyl (C=O) groups excluding carboxylic acids is 2. The van der Waals surface area contributed by atoms with Gasteiger partial charge in [0.2, 0.25) is 10.3 Å². The van der Waals surface area contributed by atoms with E-state index in [9.17, 15) is 9.59 Å². The fraction of sp³-hybridized carbons (Fsp3) is 0.200. The second kappa shape index (κ2) is 2.32. The summed E-state index contributed by atoms with van der Waals surface area (Å²) < 4.78 is 4.03. The van der Waals surface area contributed by atoms with Crippen molar-refractivity contribution in [2.24, 2.45) is 0 Å². The van der Waals surface area contributed by atoms with Gasteiger partial charge in [-0.3, -0.25) is 9.59 Å². The van der Waals surface area contributed by atoms with E-state index in [0.717, 1.165) is 0 Å². The maximum atomic E-state index is 11.8. The van der Waals surface area contributed by atoms with Crippen LogP contribution < -0.4 is 0 Å². The summed E-state index contributed by atoms with van der Waals surface area (Å²) in [4.78, 5) is 23.5. The molecular weight excluding hydrogens is 248 g/mol. The topological polar surface area (TPSA) is 46.7 Å². The molecule has 2 aliphatic rings. The molecule has 3 nitrogen and oxygen atoms in total. The second-order valence-corrected chi connectivity index (χ2v) is 4.56. The molecule has 0 bridgehead atoms. The minimum Gasteiger partial charge on any atom is -0.337 e. The van der Waals surface area contributed by atoms with Gasteiger partial charge in [0, 0.05) is 11.1 Å². The Morgan fingerprint density at radius 3 is 2.57 bits per heavy atom. The molecule has 1 aromatic carbocycles. The van der Waals surface area contributed by atoms with Crippen molar-refractivity contribution in [2.45, 2.75) is 10.6 Å². The first kappa shape index (κ1) is 8.32. The molecule has 70 valence electrons. The van der Waals surface area contributed by atoms with Crippen molar-refractivity contribution in [2.75, 3.05) is 0 Å². The maximum Gasteiger partial charge on any atom is 0.220 e. The van der Waals surface area contributed by atoms with Crippen molar-refractivity contribution in [3.63, 3.8) is 0 Å². The van der Waals surface area contributed by atoms with E-state index in [1.54, 1.807) is 24.3 Å². The van der Waals surface area contributed by atoms with E-state index in [2.05, 4.69) is 15.9 Å². The van der Waals surface area contributed by atoms with Gasteiger partial charge in [-0.15, -0.1) is 0 Å². The Balaban J connectivity index is 2.27.